The molecular weight excluding hydrogens is 252 g/mol. The van der Waals surface area contributed by atoms with Gasteiger partial charge in [0.25, 0.3) is 0 Å². The van der Waals surface area contributed by atoms with Gasteiger partial charge in [0.05, 0.1) is 13.2 Å². The lowest BCUT2D eigenvalue weighted by Crippen LogP contribution is -2.59. The lowest BCUT2D eigenvalue weighted by Gasteiger charge is -2.39. The highest BCUT2D eigenvalue weighted by Gasteiger charge is 2.44. The van der Waals surface area contributed by atoms with Crippen molar-refractivity contribution in [1.29, 1.82) is 0 Å². The predicted molar refractivity (Wildman–Crippen MR) is 65.0 cm³/mol. The molecule has 6 nitrogen and oxygen atoms in total. The number of benzene rings is 1. The highest BCUT2D eigenvalue weighted by atomic mass is 16.6. The summed E-state index contributed by atoms with van der Waals surface area (Å²) in [4.78, 5) is 0. The monoisotopic (exact) mass is 270 g/mol. The smallest absolute Gasteiger partial charge is 0.184 e. The third-order valence-corrected chi connectivity index (χ3v) is 3.13. The largest absolute Gasteiger partial charge is 0.394 e. The van der Waals surface area contributed by atoms with Crippen LogP contribution in [0, 0.1) is 0 Å². The van der Waals surface area contributed by atoms with Gasteiger partial charge in [0.1, 0.15) is 24.4 Å². The first-order valence-corrected chi connectivity index (χ1v) is 6.09. The van der Waals surface area contributed by atoms with Gasteiger partial charge < -0.3 is 29.9 Å². The van der Waals surface area contributed by atoms with Gasteiger partial charge in [-0.1, -0.05) is 30.3 Å². The highest BCUT2D eigenvalue weighted by molar-refractivity contribution is 5.13. The maximum atomic E-state index is 9.91. The number of aliphatic hydroxyl groups excluding tert-OH is 4. The Hall–Kier alpha value is -1.02. The van der Waals surface area contributed by atoms with Gasteiger partial charge in [0.15, 0.2) is 6.29 Å². The van der Waals surface area contributed by atoms with E-state index in [-0.39, 0.29) is 6.61 Å². The Balaban J connectivity index is 2.00. The summed E-state index contributed by atoms with van der Waals surface area (Å²) in [6.45, 7) is -0.277. The Morgan fingerprint density at radius 3 is 2.37 bits per heavy atom. The second-order valence-corrected chi connectivity index (χ2v) is 4.49. The summed E-state index contributed by atoms with van der Waals surface area (Å²) in [6, 6.07) is 9.26. The van der Waals surface area contributed by atoms with E-state index in [4.69, 9.17) is 14.6 Å². The molecular formula is C13H18O6. The molecule has 19 heavy (non-hydrogen) atoms. The van der Waals surface area contributed by atoms with Crippen LogP contribution in [0.15, 0.2) is 30.3 Å². The molecule has 0 radical (unpaired) electrons. The minimum atomic E-state index is -1.48. The molecule has 106 valence electrons. The zero-order valence-corrected chi connectivity index (χ0v) is 10.3. The van der Waals surface area contributed by atoms with E-state index >= 15 is 0 Å². The van der Waals surface area contributed by atoms with Crippen LogP contribution in [0.5, 0.6) is 0 Å². The molecule has 5 atom stereocenters. The molecule has 4 N–H and O–H groups in total. The first kappa shape index (κ1) is 14.4. The van der Waals surface area contributed by atoms with Crippen molar-refractivity contribution in [1.82, 2.24) is 0 Å². The van der Waals surface area contributed by atoms with Crippen molar-refractivity contribution in [3.05, 3.63) is 35.9 Å². The Morgan fingerprint density at radius 2 is 1.74 bits per heavy atom. The SMILES string of the molecule is OCC1O[C@@H](O)C(O)[C@H](OCc2ccccc2)[C@@H]1O. The number of hydrogen-bond donors (Lipinski definition) is 4. The van der Waals surface area contributed by atoms with Crippen LogP contribution < -0.4 is 0 Å². The molecule has 0 aromatic heterocycles. The third-order valence-electron chi connectivity index (χ3n) is 3.13. The summed E-state index contributed by atoms with van der Waals surface area (Å²) in [5.41, 5.74) is 0.878. The van der Waals surface area contributed by atoms with Gasteiger partial charge in [0.2, 0.25) is 0 Å². The fourth-order valence-electron chi connectivity index (χ4n) is 2.03. The molecule has 0 amide bonds. The van der Waals surface area contributed by atoms with E-state index < -0.39 is 37.3 Å². The van der Waals surface area contributed by atoms with Crippen molar-refractivity contribution in [2.24, 2.45) is 0 Å². The van der Waals surface area contributed by atoms with Crippen molar-refractivity contribution >= 4 is 0 Å². The summed E-state index contributed by atoms with van der Waals surface area (Å²) in [5, 5.41) is 38.2. The maximum Gasteiger partial charge on any atom is 0.184 e. The molecule has 2 unspecified atom stereocenters. The first-order chi connectivity index (χ1) is 9.13. The van der Waals surface area contributed by atoms with E-state index in [9.17, 15) is 15.3 Å². The molecule has 6 heteroatoms. The van der Waals surface area contributed by atoms with Crippen molar-refractivity contribution in [2.45, 2.75) is 37.3 Å². The van der Waals surface area contributed by atoms with Crippen LogP contribution >= 0.6 is 0 Å². The van der Waals surface area contributed by atoms with Crippen LogP contribution in [0.4, 0.5) is 0 Å². The second kappa shape index (κ2) is 6.42. The van der Waals surface area contributed by atoms with E-state index in [1.807, 2.05) is 30.3 Å². The summed E-state index contributed by atoms with van der Waals surface area (Å²) in [6.07, 6.45) is -6.03. The average molecular weight is 270 g/mol. The van der Waals surface area contributed by atoms with Crippen molar-refractivity contribution in [3.8, 4) is 0 Å². The average Bonchev–Trinajstić information content (AvgIpc) is 2.44. The molecule has 0 saturated carbocycles. The first-order valence-electron chi connectivity index (χ1n) is 6.09. The second-order valence-electron chi connectivity index (χ2n) is 4.49. The lowest BCUT2D eigenvalue weighted by atomic mass is 9.99. The van der Waals surface area contributed by atoms with E-state index in [0.29, 0.717) is 0 Å². The van der Waals surface area contributed by atoms with Crippen molar-refractivity contribution in [2.75, 3.05) is 6.61 Å². The van der Waals surface area contributed by atoms with Crippen LogP contribution in [0.3, 0.4) is 0 Å². The van der Waals surface area contributed by atoms with Gasteiger partial charge >= 0.3 is 0 Å². The zero-order valence-electron chi connectivity index (χ0n) is 10.3. The Labute approximate surface area is 110 Å². The van der Waals surface area contributed by atoms with Crippen LogP contribution in [-0.2, 0) is 16.1 Å². The summed E-state index contributed by atoms with van der Waals surface area (Å²) < 4.78 is 10.3. The normalized spacial score (nSPS) is 35.3. The molecule has 0 bridgehead atoms. The number of aliphatic hydroxyl groups is 4. The fourth-order valence-corrected chi connectivity index (χ4v) is 2.03. The molecule has 1 saturated heterocycles. The quantitative estimate of drug-likeness (QED) is 0.560. The third kappa shape index (κ3) is 3.30. The topological polar surface area (TPSA) is 99.4 Å². The summed E-state index contributed by atoms with van der Waals surface area (Å²) >= 11 is 0. The van der Waals surface area contributed by atoms with Crippen molar-refractivity contribution < 1.29 is 29.9 Å². The number of rotatable bonds is 4. The van der Waals surface area contributed by atoms with Gasteiger partial charge in [0, 0.05) is 0 Å². The molecule has 1 aromatic rings. The summed E-state index contributed by atoms with van der Waals surface area (Å²) in [5.74, 6) is 0. The lowest BCUT2D eigenvalue weighted by molar-refractivity contribution is -0.296. The highest BCUT2D eigenvalue weighted by Crippen LogP contribution is 2.23. The minimum absolute atomic E-state index is 0.185. The van der Waals surface area contributed by atoms with Crippen LogP contribution in [0.25, 0.3) is 0 Å². The van der Waals surface area contributed by atoms with Crippen LogP contribution in [0.1, 0.15) is 5.56 Å². The minimum Gasteiger partial charge on any atom is -0.394 e. The van der Waals surface area contributed by atoms with Crippen LogP contribution in [-0.4, -0.2) is 57.7 Å². The van der Waals surface area contributed by atoms with Gasteiger partial charge in [-0.25, -0.2) is 0 Å². The molecule has 1 aliphatic rings. The maximum absolute atomic E-state index is 9.91. The van der Waals surface area contributed by atoms with Gasteiger partial charge in [-0.2, -0.15) is 0 Å². The molecule has 1 aliphatic heterocycles. The molecule has 1 fully saturated rings. The van der Waals surface area contributed by atoms with E-state index in [1.165, 1.54) is 0 Å². The predicted octanol–water partition coefficient (Wildman–Crippen LogP) is -0.997. The Kier molecular flexibility index (Phi) is 4.87. The van der Waals surface area contributed by atoms with E-state index in [2.05, 4.69) is 0 Å². The standard InChI is InChI=1S/C13H18O6/c14-6-9-10(15)12(11(16)13(17)19-9)18-7-8-4-2-1-3-5-8/h1-5,9-17H,6-7H2/t9?,10-,11?,12-,13-/m1/s1. The van der Waals surface area contributed by atoms with Crippen LogP contribution in [0.2, 0.25) is 0 Å². The summed E-state index contributed by atoms with van der Waals surface area (Å²) in [7, 11) is 0. The Bertz CT molecular complexity index is 384. The molecule has 0 spiro atoms. The molecule has 0 aliphatic carbocycles. The number of hydrogen-bond acceptors (Lipinski definition) is 6. The van der Waals surface area contributed by atoms with Gasteiger partial charge in [-0.3, -0.25) is 0 Å². The number of ether oxygens (including phenoxy) is 2. The molecule has 1 heterocycles. The van der Waals surface area contributed by atoms with E-state index in [0.717, 1.165) is 5.56 Å². The fraction of sp³-hybridized carbons (Fsp3) is 0.538. The van der Waals surface area contributed by atoms with Crippen molar-refractivity contribution in [3.63, 3.8) is 0 Å². The molecule has 2 rings (SSSR count). The van der Waals surface area contributed by atoms with E-state index in [1.54, 1.807) is 0 Å². The Morgan fingerprint density at radius 1 is 1.05 bits per heavy atom. The van der Waals surface area contributed by atoms with Gasteiger partial charge in [-0.15, -0.1) is 0 Å². The zero-order chi connectivity index (χ0) is 13.8. The molecule has 1 aromatic carbocycles. The van der Waals surface area contributed by atoms with Gasteiger partial charge in [-0.05, 0) is 5.56 Å².